The average molecular weight is 380 g/mol. The predicted octanol–water partition coefficient (Wildman–Crippen LogP) is 1.76. The molecule has 1 aliphatic rings. The van der Waals surface area contributed by atoms with Gasteiger partial charge in [-0.15, -0.1) is 0 Å². The van der Waals surface area contributed by atoms with Gasteiger partial charge in [-0.1, -0.05) is 12.1 Å². The molecule has 8 nitrogen and oxygen atoms in total. The van der Waals surface area contributed by atoms with Crippen LogP contribution < -0.4 is 10.6 Å². The van der Waals surface area contributed by atoms with Crippen molar-refractivity contribution in [1.29, 1.82) is 5.26 Å². The van der Waals surface area contributed by atoms with Crippen molar-refractivity contribution in [1.82, 2.24) is 10.2 Å². The molecule has 1 aromatic carbocycles. The molecule has 1 fully saturated rings. The van der Waals surface area contributed by atoms with Crippen molar-refractivity contribution in [2.45, 2.75) is 12.8 Å². The lowest BCUT2D eigenvalue weighted by atomic mass is 9.96. The number of para-hydroxylation sites is 1. The first kappa shape index (κ1) is 19.2. The number of piperidine rings is 1. The van der Waals surface area contributed by atoms with Gasteiger partial charge in [0.15, 0.2) is 0 Å². The minimum atomic E-state index is -0.810. The number of nitriles is 1. The topological polar surface area (TPSA) is 115 Å². The van der Waals surface area contributed by atoms with E-state index < -0.39 is 11.8 Å². The molecule has 1 aromatic heterocycles. The Morgan fingerprint density at radius 3 is 2.57 bits per heavy atom. The Kier molecular flexibility index (Phi) is 6.07. The summed E-state index contributed by atoms with van der Waals surface area (Å²) in [5, 5.41) is 14.1. The highest BCUT2D eigenvalue weighted by Gasteiger charge is 2.25. The van der Waals surface area contributed by atoms with Crippen LogP contribution in [0.15, 0.2) is 47.3 Å². The fourth-order valence-corrected chi connectivity index (χ4v) is 3.09. The van der Waals surface area contributed by atoms with Crippen molar-refractivity contribution in [3.8, 4) is 6.07 Å². The zero-order valence-electron chi connectivity index (χ0n) is 15.2. The van der Waals surface area contributed by atoms with E-state index in [-0.39, 0.29) is 11.8 Å². The molecule has 0 unspecified atom stereocenters. The Bertz CT molecular complexity index is 893. The third kappa shape index (κ3) is 4.57. The standard InChI is InChI=1S/C20H20N4O4/c21-11-15-3-1-2-4-17(15)23-19(26)18(25)22-12-14-5-8-24(9-6-14)20(27)16-7-10-28-13-16/h1-4,7,10,13-14H,5-6,8-9,12H2,(H,22,25)(H,23,26). The second-order valence-corrected chi connectivity index (χ2v) is 6.57. The normalized spacial score (nSPS) is 14.2. The molecular formula is C20H20N4O4. The van der Waals surface area contributed by atoms with Gasteiger partial charge in [0.25, 0.3) is 5.91 Å². The molecule has 0 spiro atoms. The van der Waals surface area contributed by atoms with Crippen LogP contribution in [0, 0.1) is 17.2 Å². The molecule has 2 N–H and O–H groups in total. The summed E-state index contributed by atoms with van der Waals surface area (Å²) < 4.78 is 4.94. The monoisotopic (exact) mass is 380 g/mol. The summed E-state index contributed by atoms with van der Waals surface area (Å²) in [5.41, 5.74) is 1.12. The summed E-state index contributed by atoms with van der Waals surface area (Å²) >= 11 is 0. The van der Waals surface area contributed by atoms with Crippen LogP contribution in [0.2, 0.25) is 0 Å². The van der Waals surface area contributed by atoms with E-state index in [2.05, 4.69) is 10.6 Å². The molecule has 0 bridgehead atoms. The maximum atomic E-state index is 12.3. The number of carbonyl (C=O) groups is 3. The maximum Gasteiger partial charge on any atom is 0.313 e. The van der Waals surface area contributed by atoms with E-state index in [1.807, 2.05) is 6.07 Å². The van der Waals surface area contributed by atoms with Gasteiger partial charge in [-0.25, -0.2) is 0 Å². The van der Waals surface area contributed by atoms with E-state index in [0.717, 1.165) is 12.8 Å². The molecule has 1 saturated heterocycles. The van der Waals surface area contributed by atoms with Crippen molar-refractivity contribution < 1.29 is 18.8 Å². The van der Waals surface area contributed by atoms with Gasteiger partial charge in [-0.3, -0.25) is 14.4 Å². The largest absolute Gasteiger partial charge is 0.472 e. The Labute approximate surface area is 162 Å². The molecule has 28 heavy (non-hydrogen) atoms. The van der Waals surface area contributed by atoms with E-state index in [9.17, 15) is 14.4 Å². The summed E-state index contributed by atoms with van der Waals surface area (Å²) in [6, 6.07) is 10.1. The summed E-state index contributed by atoms with van der Waals surface area (Å²) in [4.78, 5) is 38.1. The second kappa shape index (κ2) is 8.86. The van der Waals surface area contributed by atoms with Gasteiger partial charge in [-0.05, 0) is 37.0 Å². The number of rotatable bonds is 4. The van der Waals surface area contributed by atoms with E-state index in [1.165, 1.54) is 12.5 Å². The van der Waals surface area contributed by atoms with Crippen molar-refractivity contribution in [2.24, 2.45) is 5.92 Å². The van der Waals surface area contributed by atoms with E-state index >= 15 is 0 Å². The Morgan fingerprint density at radius 2 is 1.89 bits per heavy atom. The summed E-state index contributed by atoms with van der Waals surface area (Å²) in [7, 11) is 0. The highest BCUT2D eigenvalue weighted by molar-refractivity contribution is 6.39. The number of nitrogens with one attached hydrogen (secondary N) is 2. The van der Waals surface area contributed by atoms with Crippen LogP contribution in [0.1, 0.15) is 28.8 Å². The molecule has 8 heteroatoms. The molecule has 2 aromatic rings. The predicted molar refractivity (Wildman–Crippen MR) is 100 cm³/mol. The lowest BCUT2D eigenvalue weighted by molar-refractivity contribution is -0.136. The van der Waals surface area contributed by atoms with Gasteiger partial charge in [0, 0.05) is 19.6 Å². The first-order chi connectivity index (χ1) is 13.6. The number of carbonyl (C=O) groups excluding carboxylic acids is 3. The zero-order chi connectivity index (χ0) is 19.9. The molecule has 3 amide bonds. The molecule has 3 rings (SSSR count). The average Bonchev–Trinajstić information content (AvgIpc) is 3.27. The fourth-order valence-electron chi connectivity index (χ4n) is 3.09. The van der Waals surface area contributed by atoms with Crippen LogP contribution in [0.25, 0.3) is 0 Å². The van der Waals surface area contributed by atoms with Crippen LogP contribution in [0.3, 0.4) is 0 Å². The van der Waals surface area contributed by atoms with Gasteiger partial charge in [0.05, 0.1) is 23.1 Å². The molecule has 0 atom stereocenters. The smallest absolute Gasteiger partial charge is 0.313 e. The van der Waals surface area contributed by atoms with Gasteiger partial charge in [-0.2, -0.15) is 5.26 Å². The fraction of sp³-hybridized carbons (Fsp3) is 0.300. The van der Waals surface area contributed by atoms with Crippen molar-refractivity contribution in [3.05, 3.63) is 54.0 Å². The number of nitrogens with zero attached hydrogens (tertiary/aromatic N) is 2. The molecule has 2 heterocycles. The number of furan rings is 1. The third-order valence-electron chi connectivity index (χ3n) is 4.72. The lowest BCUT2D eigenvalue weighted by Crippen LogP contribution is -2.43. The Morgan fingerprint density at radius 1 is 1.14 bits per heavy atom. The van der Waals surface area contributed by atoms with E-state index in [0.29, 0.717) is 36.4 Å². The minimum absolute atomic E-state index is 0.0632. The SMILES string of the molecule is N#Cc1ccccc1NC(=O)C(=O)NCC1CCN(C(=O)c2ccoc2)CC1. The molecular weight excluding hydrogens is 360 g/mol. The van der Waals surface area contributed by atoms with Crippen LogP contribution in [-0.2, 0) is 9.59 Å². The quantitative estimate of drug-likeness (QED) is 0.784. The van der Waals surface area contributed by atoms with E-state index in [1.54, 1.807) is 35.2 Å². The van der Waals surface area contributed by atoms with E-state index in [4.69, 9.17) is 9.68 Å². The first-order valence-corrected chi connectivity index (χ1v) is 8.98. The number of benzene rings is 1. The lowest BCUT2D eigenvalue weighted by Gasteiger charge is -2.31. The molecule has 0 saturated carbocycles. The highest BCUT2D eigenvalue weighted by Crippen LogP contribution is 2.19. The first-order valence-electron chi connectivity index (χ1n) is 8.98. The maximum absolute atomic E-state index is 12.3. The second-order valence-electron chi connectivity index (χ2n) is 6.57. The molecule has 144 valence electrons. The van der Waals surface area contributed by atoms with Crippen molar-refractivity contribution in [2.75, 3.05) is 25.0 Å². The summed E-state index contributed by atoms with van der Waals surface area (Å²) in [6.45, 7) is 1.54. The number of hydrogen-bond acceptors (Lipinski definition) is 5. The molecule has 0 radical (unpaired) electrons. The van der Waals surface area contributed by atoms with Gasteiger partial charge >= 0.3 is 11.8 Å². The molecule has 1 aliphatic heterocycles. The number of amides is 3. The number of anilines is 1. The van der Waals surface area contributed by atoms with Gasteiger partial charge in [0.2, 0.25) is 0 Å². The summed E-state index contributed by atoms with van der Waals surface area (Å²) in [5.74, 6) is -1.43. The molecule has 0 aliphatic carbocycles. The Hall–Kier alpha value is -3.60. The van der Waals surface area contributed by atoms with Crippen LogP contribution in [0.5, 0.6) is 0 Å². The van der Waals surface area contributed by atoms with Gasteiger partial charge < -0.3 is 20.0 Å². The highest BCUT2D eigenvalue weighted by atomic mass is 16.3. The number of hydrogen-bond donors (Lipinski definition) is 2. The van der Waals surface area contributed by atoms with Gasteiger partial charge in [0.1, 0.15) is 12.3 Å². The van der Waals surface area contributed by atoms with Crippen LogP contribution >= 0.6 is 0 Å². The minimum Gasteiger partial charge on any atom is -0.472 e. The summed E-state index contributed by atoms with van der Waals surface area (Å²) in [6.07, 6.45) is 4.37. The third-order valence-corrected chi connectivity index (χ3v) is 4.72. The van der Waals surface area contributed by atoms with Crippen molar-refractivity contribution >= 4 is 23.4 Å². The zero-order valence-corrected chi connectivity index (χ0v) is 15.2. The van der Waals surface area contributed by atoms with Crippen LogP contribution in [0.4, 0.5) is 5.69 Å². The van der Waals surface area contributed by atoms with Crippen LogP contribution in [-0.4, -0.2) is 42.3 Å². The van der Waals surface area contributed by atoms with Crippen molar-refractivity contribution in [3.63, 3.8) is 0 Å². The number of likely N-dealkylation sites (tertiary alicyclic amines) is 1. The Balaban J connectivity index is 1.43.